The molecule has 0 amide bonds. The highest BCUT2D eigenvalue weighted by molar-refractivity contribution is 5.71. The molecule has 0 N–H and O–H groups in total. The van der Waals surface area contributed by atoms with Gasteiger partial charge in [-0.05, 0) is 45.3 Å². The number of carbonyl (C=O) groups is 1. The summed E-state index contributed by atoms with van der Waals surface area (Å²) < 4.78 is 5.22. The fraction of sp³-hybridized carbons (Fsp3) is 0.611. The van der Waals surface area contributed by atoms with Gasteiger partial charge >= 0.3 is 5.97 Å². The summed E-state index contributed by atoms with van der Waals surface area (Å²) >= 11 is 0. The minimum atomic E-state index is -0.266. The molecule has 3 nitrogen and oxygen atoms in total. The zero-order valence-corrected chi connectivity index (χ0v) is 13.3. The van der Waals surface area contributed by atoms with Gasteiger partial charge in [0, 0.05) is 0 Å². The van der Waals surface area contributed by atoms with Crippen molar-refractivity contribution < 1.29 is 9.53 Å². The van der Waals surface area contributed by atoms with Crippen molar-refractivity contribution in [1.82, 2.24) is 4.90 Å². The summed E-state index contributed by atoms with van der Waals surface area (Å²) in [5, 5.41) is 0. The third-order valence-corrected chi connectivity index (χ3v) is 4.49. The van der Waals surface area contributed by atoms with Gasteiger partial charge in [0.25, 0.3) is 0 Å². The van der Waals surface area contributed by atoms with Crippen LogP contribution >= 0.6 is 0 Å². The Morgan fingerprint density at radius 3 is 2.33 bits per heavy atom. The molecule has 0 aliphatic carbocycles. The van der Waals surface area contributed by atoms with Crippen LogP contribution in [0.5, 0.6) is 0 Å². The van der Waals surface area contributed by atoms with Gasteiger partial charge in [-0.25, -0.2) is 0 Å². The van der Waals surface area contributed by atoms with Crippen molar-refractivity contribution in [2.75, 3.05) is 19.7 Å². The first-order valence-corrected chi connectivity index (χ1v) is 8.13. The molecule has 1 fully saturated rings. The van der Waals surface area contributed by atoms with E-state index < -0.39 is 0 Å². The molecule has 0 spiro atoms. The highest BCUT2D eigenvalue weighted by atomic mass is 16.5. The topological polar surface area (TPSA) is 29.5 Å². The molecule has 1 aromatic carbocycles. The molecule has 0 bridgehead atoms. The SMILES string of the molecule is CCOC(=O)CC(C)(c1ccccc1)N1CCCCCC1. The Balaban J connectivity index is 2.26. The molecule has 1 saturated heterocycles. The second kappa shape index (κ2) is 7.60. The number of ether oxygens (including phenoxy) is 1. The first-order valence-electron chi connectivity index (χ1n) is 8.13. The Morgan fingerprint density at radius 1 is 1.14 bits per heavy atom. The van der Waals surface area contributed by atoms with E-state index in [2.05, 4.69) is 36.1 Å². The first-order chi connectivity index (χ1) is 10.2. The Kier molecular flexibility index (Phi) is 5.80. The average molecular weight is 289 g/mol. The number of hydrogen-bond donors (Lipinski definition) is 0. The number of rotatable bonds is 5. The highest BCUT2D eigenvalue weighted by Gasteiger charge is 2.36. The molecule has 1 atom stereocenters. The molecule has 3 heteroatoms. The second-order valence-corrected chi connectivity index (χ2v) is 6.02. The summed E-state index contributed by atoms with van der Waals surface area (Å²) in [6.45, 7) is 6.62. The van der Waals surface area contributed by atoms with Crippen molar-refractivity contribution in [1.29, 1.82) is 0 Å². The van der Waals surface area contributed by atoms with Crippen molar-refractivity contribution in [3.05, 3.63) is 35.9 Å². The molecule has 0 saturated carbocycles. The molecule has 1 aromatic rings. The van der Waals surface area contributed by atoms with Crippen LogP contribution in [0.2, 0.25) is 0 Å². The van der Waals surface area contributed by atoms with Gasteiger partial charge in [0.15, 0.2) is 0 Å². The van der Waals surface area contributed by atoms with Crippen molar-refractivity contribution in [3.8, 4) is 0 Å². The van der Waals surface area contributed by atoms with Crippen LogP contribution < -0.4 is 0 Å². The second-order valence-electron chi connectivity index (χ2n) is 6.02. The Labute approximate surface area is 128 Å². The minimum absolute atomic E-state index is 0.104. The van der Waals surface area contributed by atoms with Gasteiger partial charge in [-0.15, -0.1) is 0 Å². The van der Waals surface area contributed by atoms with E-state index in [-0.39, 0.29) is 11.5 Å². The van der Waals surface area contributed by atoms with Crippen LogP contribution in [0.1, 0.15) is 51.5 Å². The minimum Gasteiger partial charge on any atom is -0.466 e. The van der Waals surface area contributed by atoms with Gasteiger partial charge in [-0.2, -0.15) is 0 Å². The van der Waals surface area contributed by atoms with Crippen LogP contribution in [0.4, 0.5) is 0 Å². The maximum Gasteiger partial charge on any atom is 0.307 e. The lowest BCUT2D eigenvalue weighted by atomic mass is 9.86. The molecule has 1 heterocycles. The van der Waals surface area contributed by atoms with E-state index in [0.717, 1.165) is 13.1 Å². The fourth-order valence-corrected chi connectivity index (χ4v) is 3.25. The zero-order chi connectivity index (χ0) is 15.1. The normalized spacial score (nSPS) is 19.5. The predicted octanol–water partition coefficient (Wildman–Crippen LogP) is 3.73. The van der Waals surface area contributed by atoms with E-state index in [1.165, 1.54) is 31.2 Å². The summed E-state index contributed by atoms with van der Waals surface area (Å²) in [5.41, 5.74) is 0.942. The molecule has 0 radical (unpaired) electrons. The van der Waals surface area contributed by atoms with E-state index in [9.17, 15) is 4.79 Å². The van der Waals surface area contributed by atoms with Crippen LogP contribution in [0.15, 0.2) is 30.3 Å². The third kappa shape index (κ3) is 4.07. The number of carbonyl (C=O) groups excluding carboxylic acids is 1. The lowest BCUT2D eigenvalue weighted by molar-refractivity contribution is -0.146. The lowest BCUT2D eigenvalue weighted by Gasteiger charge is -2.41. The summed E-state index contributed by atoms with van der Waals surface area (Å²) in [7, 11) is 0. The summed E-state index contributed by atoms with van der Waals surface area (Å²) in [5.74, 6) is -0.104. The van der Waals surface area contributed by atoms with Gasteiger partial charge < -0.3 is 4.74 Å². The van der Waals surface area contributed by atoms with Gasteiger partial charge in [-0.3, -0.25) is 9.69 Å². The van der Waals surface area contributed by atoms with E-state index in [0.29, 0.717) is 13.0 Å². The van der Waals surface area contributed by atoms with Gasteiger partial charge in [0.1, 0.15) is 0 Å². The van der Waals surface area contributed by atoms with Crippen molar-refractivity contribution >= 4 is 5.97 Å². The van der Waals surface area contributed by atoms with Crippen molar-refractivity contribution in [2.45, 2.75) is 51.5 Å². The number of benzene rings is 1. The monoisotopic (exact) mass is 289 g/mol. The quantitative estimate of drug-likeness (QED) is 0.774. The standard InChI is InChI=1S/C18H27NO2/c1-3-21-17(20)15-18(2,16-11-7-6-8-12-16)19-13-9-4-5-10-14-19/h6-8,11-12H,3-5,9-10,13-15H2,1-2H3. The molecule has 0 aromatic heterocycles. The molecule has 116 valence electrons. The van der Waals surface area contributed by atoms with Crippen molar-refractivity contribution in [2.24, 2.45) is 0 Å². The number of likely N-dealkylation sites (tertiary alicyclic amines) is 1. The molecular weight excluding hydrogens is 262 g/mol. The largest absolute Gasteiger partial charge is 0.466 e. The molecule has 2 rings (SSSR count). The van der Waals surface area contributed by atoms with Gasteiger partial charge in [0.05, 0.1) is 18.6 Å². The smallest absolute Gasteiger partial charge is 0.307 e. The Morgan fingerprint density at radius 2 is 1.76 bits per heavy atom. The fourth-order valence-electron chi connectivity index (χ4n) is 3.25. The van der Waals surface area contributed by atoms with Crippen LogP contribution in [0, 0.1) is 0 Å². The Bertz CT molecular complexity index is 438. The maximum absolute atomic E-state index is 12.1. The van der Waals surface area contributed by atoms with Crippen LogP contribution in [-0.2, 0) is 15.1 Å². The van der Waals surface area contributed by atoms with E-state index in [1.807, 2.05) is 13.0 Å². The van der Waals surface area contributed by atoms with E-state index >= 15 is 0 Å². The highest BCUT2D eigenvalue weighted by Crippen LogP contribution is 2.34. The van der Waals surface area contributed by atoms with E-state index in [4.69, 9.17) is 4.74 Å². The zero-order valence-electron chi connectivity index (χ0n) is 13.3. The number of hydrogen-bond acceptors (Lipinski definition) is 3. The first kappa shape index (κ1) is 16.0. The average Bonchev–Trinajstić information content (AvgIpc) is 2.78. The molecular formula is C18H27NO2. The van der Waals surface area contributed by atoms with E-state index in [1.54, 1.807) is 0 Å². The summed E-state index contributed by atoms with van der Waals surface area (Å²) in [6.07, 6.45) is 5.43. The lowest BCUT2D eigenvalue weighted by Crippen LogP contribution is -2.46. The molecule has 1 aliphatic heterocycles. The maximum atomic E-state index is 12.1. The van der Waals surface area contributed by atoms with Gasteiger partial charge in [0.2, 0.25) is 0 Å². The molecule has 21 heavy (non-hydrogen) atoms. The predicted molar refractivity (Wildman–Crippen MR) is 85.1 cm³/mol. The summed E-state index contributed by atoms with van der Waals surface area (Å²) in [6, 6.07) is 10.4. The van der Waals surface area contributed by atoms with Crippen molar-refractivity contribution in [3.63, 3.8) is 0 Å². The molecule has 1 aliphatic rings. The van der Waals surface area contributed by atoms with Gasteiger partial charge in [-0.1, -0.05) is 43.2 Å². The van der Waals surface area contributed by atoms with Crippen LogP contribution in [-0.4, -0.2) is 30.6 Å². The summed E-state index contributed by atoms with van der Waals surface area (Å²) in [4.78, 5) is 14.6. The third-order valence-electron chi connectivity index (χ3n) is 4.49. The number of esters is 1. The van der Waals surface area contributed by atoms with Crippen LogP contribution in [0.3, 0.4) is 0 Å². The molecule has 1 unspecified atom stereocenters. The Hall–Kier alpha value is -1.35. The number of nitrogens with zero attached hydrogens (tertiary/aromatic N) is 1. The van der Waals surface area contributed by atoms with Crippen LogP contribution in [0.25, 0.3) is 0 Å².